The van der Waals surface area contributed by atoms with Gasteiger partial charge in [-0.15, -0.1) is 0 Å². The van der Waals surface area contributed by atoms with Crippen molar-refractivity contribution in [2.45, 2.75) is 45.2 Å². The number of pyridine rings is 1. The maximum absolute atomic E-state index is 12.9. The molecule has 3 rings (SSSR count). The number of rotatable bonds is 3. The number of piperazine rings is 1. The lowest BCUT2D eigenvalue weighted by Gasteiger charge is -2.38. The normalized spacial score (nSPS) is 25.2. The number of aromatic nitrogens is 1. The van der Waals surface area contributed by atoms with E-state index in [-0.39, 0.29) is 29.2 Å². The van der Waals surface area contributed by atoms with Crippen LogP contribution in [0.1, 0.15) is 26.3 Å². The fraction of sp³-hybridized carbons (Fsp3) is 0.684. The quantitative estimate of drug-likeness (QED) is 0.766. The van der Waals surface area contributed by atoms with Crippen LogP contribution in [0.3, 0.4) is 0 Å². The Balaban J connectivity index is 1.59. The molecule has 0 aromatic carbocycles. The van der Waals surface area contributed by atoms with Gasteiger partial charge in [0.2, 0.25) is 0 Å². The van der Waals surface area contributed by atoms with Crippen molar-refractivity contribution in [2.75, 3.05) is 44.2 Å². The first kappa shape index (κ1) is 22.1. The van der Waals surface area contributed by atoms with Crippen LogP contribution in [0.2, 0.25) is 5.02 Å². The number of morpholine rings is 1. The maximum atomic E-state index is 12.9. The van der Waals surface area contributed by atoms with Crippen molar-refractivity contribution in [3.63, 3.8) is 0 Å². The number of anilines is 1. The van der Waals surface area contributed by atoms with Gasteiger partial charge in [-0.05, 0) is 26.8 Å². The molecule has 0 unspecified atom stereocenters. The number of nitrogens with one attached hydrogen (secondary N) is 2. The third-order valence-electron chi connectivity index (χ3n) is 5.64. The highest BCUT2D eigenvalue weighted by Gasteiger charge is 2.38. The molecule has 2 N–H and O–H groups in total. The molecule has 29 heavy (non-hydrogen) atoms. The minimum atomic E-state index is -4.44. The maximum Gasteiger partial charge on any atom is 0.419 e. The third kappa shape index (κ3) is 5.13. The first-order valence-electron chi connectivity index (χ1n) is 9.88. The van der Waals surface area contributed by atoms with E-state index in [9.17, 15) is 18.0 Å². The van der Waals surface area contributed by atoms with Crippen LogP contribution in [0.5, 0.6) is 0 Å². The van der Waals surface area contributed by atoms with E-state index in [2.05, 4.69) is 4.98 Å². The van der Waals surface area contributed by atoms with E-state index in [4.69, 9.17) is 16.3 Å². The Kier molecular flexibility index (Phi) is 6.60. The lowest BCUT2D eigenvalue weighted by Crippen LogP contribution is -3.19. The highest BCUT2D eigenvalue weighted by atomic mass is 35.5. The number of amides is 1. The number of halogens is 4. The lowest BCUT2D eigenvalue weighted by molar-refractivity contribution is -0.915. The van der Waals surface area contributed by atoms with E-state index in [0.717, 1.165) is 12.3 Å². The van der Waals surface area contributed by atoms with Gasteiger partial charge in [0.05, 0.1) is 17.8 Å². The molecule has 2 aliphatic rings. The van der Waals surface area contributed by atoms with Crippen LogP contribution in [-0.4, -0.2) is 68.3 Å². The molecule has 3 atom stereocenters. The zero-order valence-corrected chi connectivity index (χ0v) is 17.6. The van der Waals surface area contributed by atoms with Crippen LogP contribution in [0.25, 0.3) is 0 Å². The SMILES string of the molecule is C[C@H](C(=O)N1C[C@H](C)O[C@@H](C)C1)[NH+]1CCN(c2[nH+]cc(C(F)(F)F)cc2Cl)CC1. The van der Waals surface area contributed by atoms with Crippen LogP contribution in [0.4, 0.5) is 19.0 Å². The predicted molar refractivity (Wildman–Crippen MR) is 102 cm³/mol. The summed E-state index contributed by atoms with van der Waals surface area (Å²) in [6, 6.07) is 0.765. The van der Waals surface area contributed by atoms with Crippen molar-refractivity contribution in [1.82, 2.24) is 4.90 Å². The summed E-state index contributed by atoms with van der Waals surface area (Å²) >= 11 is 6.09. The summed E-state index contributed by atoms with van der Waals surface area (Å²) in [4.78, 5) is 20.6. The molecule has 1 amide bonds. The summed E-state index contributed by atoms with van der Waals surface area (Å²) in [6.07, 6.45) is -3.45. The van der Waals surface area contributed by atoms with Crippen molar-refractivity contribution < 1.29 is 32.6 Å². The summed E-state index contributed by atoms with van der Waals surface area (Å²) in [6.45, 7) is 9.69. The van der Waals surface area contributed by atoms with Crippen LogP contribution in [0, 0.1) is 0 Å². The number of carbonyl (C=O) groups excluding carboxylic acids is 1. The van der Waals surface area contributed by atoms with Crippen molar-refractivity contribution >= 4 is 23.3 Å². The van der Waals surface area contributed by atoms with Gasteiger partial charge in [-0.3, -0.25) is 4.79 Å². The summed E-state index contributed by atoms with van der Waals surface area (Å²) in [5.74, 6) is 0.600. The van der Waals surface area contributed by atoms with E-state index >= 15 is 0 Å². The molecule has 10 heteroatoms. The van der Waals surface area contributed by atoms with Gasteiger partial charge in [0.25, 0.3) is 11.7 Å². The smallest absolute Gasteiger partial charge is 0.372 e. The second-order valence-corrected chi connectivity index (χ2v) is 8.36. The number of aromatic amines is 1. The minimum absolute atomic E-state index is 0.0269. The number of quaternary nitrogens is 1. The topological polar surface area (TPSA) is 51.4 Å². The van der Waals surface area contributed by atoms with Crippen molar-refractivity contribution in [1.29, 1.82) is 0 Å². The number of hydrogen-bond donors (Lipinski definition) is 1. The first-order chi connectivity index (χ1) is 13.6. The molecule has 2 fully saturated rings. The summed E-state index contributed by atoms with van der Waals surface area (Å²) in [7, 11) is 0. The van der Waals surface area contributed by atoms with Crippen molar-refractivity contribution in [3.05, 3.63) is 22.8 Å². The van der Waals surface area contributed by atoms with Crippen LogP contribution in [-0.2, 0) is 15.7 Å². The average Bonchev–Trinajstić information content (AvgIpc) is 2.65. The first-order valence-corrected chi connectivity index (χ1v) is 10.3. The zero-order valence-electron chi connectivity index (χ0n) is 16.9. The average molecular weight is 437 g/mol. The van der Waals surface area contributed by atoms with Crippen LogP contribution < -0.4 is 14.8 Å². The Morgan fingerprint density at radius 2 is 1.86 bits per heavy atom. The fourth-order valence-electron chi connectivity index (χ4n) is 4.12. The van der Waals surface area contributed by atoms with Gasteiger partial charge in [-0.1, -0.05) is 11.6 Å². The van der Waals surface area contributed by atoms with Crippen molar-refractivity contribution in [3.8, 4) is 0 Å². The number of H-pyrrole nitrogens is 1. The van der Waals surface area contributed by atoms with E-state index in [0.29, 0.717) is 45.1 Å². The van der Waals surface area contributed by atoms with E-state index in [1.165, 1.54) is 4.90 Å². The molecule has 0 aliphatic carbocycles. The van der Waals surface area contributed by atoms with Crippen LogP contribution >= 0.6 is 11.6 Å². The monoisotopic (exact) mass is 436 g/mol. The molecule has 0 saturated carbocycles. The van der Waals surface area contributed by atoms with E-state index in [1.807, 2.05) is 30.6 Å². The molecular formula is C19H28ClF3N4O2+2. The molecule has 0 radical (unpaired) electrons. The summed E-state index contributed by atoms with van der Waals surface area (Å²) in [5.41, 5.74) is -0.802. The predicted octanol–water partition coefficient (Wildman–Crippen LogP) is 0.902. The van der Waals surface area contributed by atoms with E-state index < -0.39 is 11.7 Å². The molecule has 0 bridgehead atoms. The lowest BCUT2D eigenvalue weighted by atomic mass is 10.1. The Bertz CT molecular complexity index is 731. The Hall–Kier alpha value is -1.58. The zero-order chi connectivity index (χ0) is 21.3. The van der Waals surface area contributed by atoms with E-state index in [1.54, 1.807) is 0 Å². The third-order valence-corrected chi connectivity index (χ3v) is 5.92. The molecular weight excluding hydrogens is 409 g/mol. The van der Waals surface area contributed by atoms with Gasteiger partial charge in [0.1, 0.15) is 37.4 Å². The molecule has 162 valence electrons. The number of ether oxygens (including phenoxy) is 1. The second-order valence-electron chi connectivity index (χ2n) is 7.95. The summed E-state index contributed by atoms with van der Waals surface area (Å²) < 4.78 is 44.2. The van der Waals surface area contributed by atoms with Crippen molar-refractivity contribution in [2.24, 2.45) is 0 Å². The number of alkyl halides is 3. The largest absolute Gasteiger partial charge is 0.419 e. The Morgan fingerprint density at radius 1 is 1.28 bits per heavy atom. The molecule has 2 saturated heterocycles. The highest BCUT2D eigenvalue weighted by Crippen LogP contribution is 2.32. The molecule has 0 spiro atoms. The summed E-state index contributed by atoms with van der Waals surface area (Å²) in [5, 5.41) is 0.0451. The highest BCUT2D eigenvalue weighted by molar-refractivity contribution is 6.32. The van der Waals surface area contributed by atoms with Gasteiger partial charge in [0.15, 0.2) is 6.04 Å². The van der Waals surface area contributed by atoms with Crippen LogP contribution in [0.15, 0.2) is 12.3 Å². The molecule has 1 aromatic rings. The minimum Gasteiger partial charge on any atom is -0.372 e. The van der Waals surface area contributed by atoms with Gasteiger partial charge >= 0.3 is 6.18 Å². The van der Waals surface area contributed by atoms with Gasteiger partial charge in [-0.2, -0.15) is 13.2 Å². The number of carbonyl (C=O) groups is 1. The molecule has 6 nitrogen and oxygen atoms in total. The molecule has 2 aliphatic heterocycles. The number of nitrogens with zero attached hydrogens (tertiary/aromatic N) is 2. The molecule has 1 aromatic heterocycles. The fourth-order valence-corrected chi connectivity index (χ4v) is 4.42. The van der Waals surface area contributed by atoms with Gasteiger partial charge in [0, 0.05) is 13.1 Å². The van der Waals surface area contributed by atoms with Gasteiger partial charge < -0.3 is 14.5 Å². The van der Waals surface area contributed by atoms with Gasteiger partial charge in [-0.25, -0.2) is 9.88 Å². The Labute approximate surface area is 173 Å². The second kappa shape index (κ2) is 8.65. The molecule has 3 heterocycles. The number of hydrogen-bond acceptors (Lipinski definition) is 3. The standard InChI is InChI=1S/C19H26ClF3N4O2/c1-12-10-27(11-13(2)29-12)18(28)14(3)25-4-6-26(7-5-25)17-16(20)8-15(9-24-17)19(21,22)23/h8-9,12-14H,4-7,10-11H2,1-3H3/p+2/t12-,13-,14+/m0/s1. The Morgan fingerprint density at radius 3 is 2.38 bits per heavy atom.